The summed E-state index contributed by atoms with van der Waals surface area (Å²) in [7, 11) is 0. The Morgan fingerprint density at radius 3 is 2.87 bits per heavy atom. The molecule has 5 heteroatoms. The number of nitrogen functional groups attached to an aromatic ring is 1. The molecule has 2 aromatic rings. The summed E-state index contributed by atoms with van der Waals surface area (Å²) in [6, 6.07) is 4.71. The van der Waals surface area contributed by atoms with E-state index in [1.807, 2.05) is 6.92 Å². The number of nitrogens with one attached hydrogen (secondary N) is 1. The topological polar surface area (TPSA) is 63.8 Å². The summed E-state index contributed by atoms with van der Waals surface area (Å²) in [5.41, 5.74) is 2.96. The molecule has 0 saturated heterocycles. The van der Waals surface area contributed by atoms with Crippen molar-refractivity contribution in [3.05, 3.63) is 29.8 Å². The van der Waals surface area contributed by atoms with Gasteiger partial charge in [0.15, 0.2) is 5.82 Å². The van der Waals surface area contributed by atoms with Gasteiger partial charge in [0, 0.05) is 6.42 Å². The van der Waals surface area contributed by atoms with Crippen LogP contribution in [0.3, 0.4) is 0 Å². The van der Waals surface area contributed by atoms with E-state index in [9.17, 15) is 4.39 Å². The van der Waals surface area contributed by atoms with E-state index in [1.54, 1.807) is 12.1 Å². The first-order chi connectivity index (χ1) is 7.26. The highest BCUT2D eigenvalue weighted by Crippen LogP contribution is 2.22. The Balaban J connectivity index is 2.81. The molecule has 3 N–H and O–H groups in total. The smallest absolute Gasteiger partial charge is 0.154 e. The lowest BCUT2D eigenvalue weighted by atomic mass is 10.2. The van der Waals surface area contributed by atoms with Crippen molar-refractivity contribution in [2.75, 3.05) is 5.43 Å². The molecular formula is C10H11FN4. The summed E-state index contributed by atoms with van der Waals surface area (Å²) in [5, 5.41) is 0.331. The van der Waals surface area contributed by atoms with Crippen molar-refractivity contribution in [1.29, 1.82) is 0 Å². The van der Waals surface area contributed by atoms with Crippen LogP contribution < -0.4 is 11.3 Å². The largest absolute Gasteiger partial charge is 0.308 e. The summed E-state index contributed by atoms with van der Waals surface area (Å²) in [5.74, 6) is 5.90. The van der Waals surface area contributed by atoms with Crippen LogP contribution in [0.5, 0.6) is 0 Å². The van der Waals surface area contributed by atoms with Gasteiger partial charge in [-0.1, -0.05) is 13.0 Å². The molecule has 0 radical (unpaired) electrons. The maximum absolute atomic E-state index is 13.5. The Morgan fingerprint density at radius 1 is 1.40 bits per heavy atom. The molecule has 0 spiro atoms. The van der Waals surface area contributed by atoms with Crippen LogP contribution in [0, 0.1) is 5.82 Å². The van der Waals surface area contributed by atoms with E-state index in [1.165, 1.54) is 6.07 Å². The van der Waals surface area contributed by atoms with Crippen molar-refractivity contribution in [1.82, 2.24) is 9.97 Å². The fourth-order valence-electron chi connectivity index (χ4n) is 1.45. The molecule has 1 aromatic heterocycles. The number of benzene rings is 1. The number of fused-ring (bicyclic) bond motifs is 1. The van der Waals surface area contributed by atoms with Gasteiger partial charge < -0.3 is 5.43 Å². The quantitative estimate of drug-likeness (QED) is 0.579. The molecule has 0 amide bonds. The summed E-state index contributed by atoms with van der Waals surface area (Å²) >= 11 is 0. The number of hydrogen-bond acceptors (Lipinski definition) is 4. The fourth-order valence-corrected chi connectivity index (χ4v) is 1.45. The van der Waals surface area contributed by atoms with Crippen molar-refractivity contribution in [2.24, 2.45) is 5.84 Å². The molecule has 4 nitrogen and oxygen atoms in total. The first kappa shape index (κ1) is 9.79. The second kappa shape index (κ2) is 3.78. The van der Waals surface area contributed by atoms with E-state index < -0.39 is 0 Å². The number of rotatable bonds is 2. The van der Waals surface area contributed by atoms with Crippen LogP contribution in [0.2, 0.25) is 0 Å². The molecule has 0 fully saturated rings. The van der Waals surface area contributed by atoms with E-state index in [4.69, 9.17) is 5.84 Å². The lowest BCUT2D eigenvalue weighted by Gasteiger charge is -2.07. The van der Waals surface area contributed by atoms with Gasteiger partial charge in [0.1, 0.15) is 11.6 Å². The average Bonchev–Trinajstić information content (AvgIpc) is 2.27. The van der Waals surface area contributed by atoms with Crippen LogP contribution >= 0.6 is 0 Å². The van der Waals surface area contributed by atoms with Crippen molar-refractivity contribution in [3.63, 3.8) is 0 Å². The molecule has 0 aliphatic rings. The SMILES string of the molecule is CCc1nc(NN)c2c(F)cccc2n1. The van der Waals surface area contributed by atoms with Crippen molar-refractivity contribution >= 4 is 16.7 Å². The highest BCUT2D eigenvalue weighted by molar-refractivity contribution is 5.89. The maximum atomic E-state index is 13.5. The van der Waals surface area contributed by atoms with Crippen LogP contribution in [0.15, 0.2) is 18.2 Å². The molecule has 15 heavy (non-hydrogen) atoms. The number of nitrogens with zero attached hydrogens (tertiary/aromatic N) is 2. The van der Waals surface area contributed by atoms with Crippen LogP contribution in [-0.2, 0) is 6.42 Å². The van der Waals surface area contributed by atoms with Crippen LogP contribution in [0.4, 0.5) is 10.2 Å². The standard InChI is InChI=1S/C10H11FN4/c1-2-8-13-7-5-3-4-6(11)9(7)10(14-8)15-12/h3-5H,2,12H2,1H3,(H,13,14,15). The number of nitrogens with two attached hydrogens (primary N) is 1. The molecule has 0 bridgehead atoms. The summed E-state index contributed by atoms with van der Waals surface area (Å²) in [6.07, 6.45) is 0.682. The molecule has 0 aliphatic heterocycles. The van der Waals surface area contributed by atoms with Gasteiger partial charge >= 0.3 is 0 Å². The highest BCUT2D eigenvalue weighted by Gasteiger charge is 2.09. The first-order valence-corrected chi connectivity index (χ1v) is 4.68. The van der Waals surface area contributed by atoms with Gasteiger partial charge in [-0.05, 0) is 12.1 Å². The molecule has 2 rings (SSSR count). The van der Waals surface area contributed by atoms with Crippen LogP contribution in [0.1, 0.15) is 12.7 Å². The molecule has 0 saturated carbocycles. The predicted octanol–water partition coefficient (Wildman–Crippen LogP) is 1.62. The van der Waals surface area contributed by atoms with Gasteiger partial charge in [0.2, 0.25) is 0 Å². The second-order valence-corrected chi connectivity index (χ2v) is 3.12. The zero-order valence-electron chi connectivity index (χ0n) is 8.29. The average molecular weight is 206 g/mol. The van der Waals surface area contributed by atoms with E-state index in [-0.39, 0.29) is 5.82 Å². The lowest BCUT2D eigenvalue weighted by molar-refractivity contribution is 0.639. The third-order valence-corrected chi connectivity index (χ3v) is 2.17. The zero-order chi connectivity index (χ0) is 10.8. The Kier molecular flexibility index (Phi) is 2.47. The maximum Gasteiger partial charge on any atom is 0.154 e. The summed E-state index contributed by atoms with van der Waals surface area (Å²) < 4.78 is 13.5. The van der Waals surface area contributed by atoms with Gasteiger partial charge in [0.05, 0.1) is 10.9 Å². The third kappa shape index (κ3) is 1.61. The van der Waals surface area contributed by atoms with Crippen LogP contribution in [0.25, 0.3) is 10.9 Å². The van der Waals surface area contributed by atoms with Gasteiger partial charge in [-0.3, -0.25) is 0 Å². The zero-order valence-corrected chi connectivity index (χ0v) is 8.29. The molecule has 1 heterocycles. The molecule has 0 unspecified atom stereocenters. The number of halogens is 1. The predicted molar refractivity (Wildman–Crippen MR) is 56.7 cm³/mol. The molecule has 78 valence electrons. The monoisotopic (exact) mass is 206 g/mol. The van der Waals surface area contributed by atoms with E-state index in [0.717, 1.165) is 0 Å². The highest BCUT2D eigenvalue weighted by atomic mass is 19.1. The van der Waals surface area contributed by atoms with Gasteiger partial charge in [-0.15, -0.1) is 0 Å². The Hall–Kier alpha value is -1.75. The molecule has 0 atom stereocenters. The minimum atomic E-state index is -0.372. The van der Waals surface area contributed by atoms with E-state index in [2.05, 4.69) is 15.4 Å². The third-order valence-electron chi connectivity index (χ3n) is 2.17. The van der Waals surface area contributed by atoms with Gasteiger partial charge in [0.25, 0.3) is 0 Å². The number of hydrogen-bond donors (Lipinski definition) is 2. The Morgan fingerprint density at radius 2 is 2.20 bits per heavy atom. The van der Waals surface area contributed by atoms with Crippen molar-refractivity contribution < 1.29 is 4.39 Å². The Labute approximate surface area is 86.3 Å². The lowest BCUT2D eigenvalue weighted by Crippen LogP contribution is -2.11. The number of aryl methyl sites for hydroxylation is 1. The van der Waals surface area contributed by atoms with Crippen molar-refractivity contribution in [2.45, 2.75) is 13.3 Å². The minimum absolute atomic E-state index is 0.329. The molecule has 0 aliphatic carbocycles. The van der Waals surface area contributed by atoms with Crippen molar-refractivity contribution in [3.8, 4) is 0 Å². The summed E-state index contributed by atoms with van der Waals surface area (Å²) in [4.78, 5) is 8.33. The van der Waals surface area contributed by atoms with Gasteiger partial charge in [-0.25, -0.2) is 20.2 Å². The minimum Gasteiger partial charge on any atom is -0.308 e. The molecule has 1 aromatic carbocycles. The van der Waals surface area contributed by atoms with Crippen LogP contribution in [-0.4, -0.2) is 9.97 Å². The second-order valence-electron chi connectivity index (χ2n) is 3.12. The molecular weight excluding hydrogens is 195 g/mol. The van der Waals surface area contributed by atoms with E-state index in [0.29, 0.717) is 29.0 Å². The summed E-state index contributed by atoms with van der Waals surface area (Å²) in [6.45, 7) is 1.93. The first-order valence-electron chi connectivity index (χ1n) is 4.68. The number of aromatic nitrogens is 2. The number of hydrazine groups is 1. The Bertz CT molecular complexity index is 498. The van der Waals surface area contributed by atoms with E-state index >= 15 is 0 Å². The van der Waals surface area contributed by atoms with Gasteiger partial charge in [-0.2, -0.15) is 0 Å². The normalized spacial score (nSPS) is 10.6. The fraction of sp³-hybridized carbons (Fsp3) is 0.200. The number of anilines is 1.